The molecule has 0 saturated heterocycles. The number of carbonyl (C=O) groups is 1. The molecule has 0 bridgehead atoms. The van der Waals surface area contributed by atoms with Crippen LogP contribution in [0.2, 0.25) is 0 Å². The van der Waals surface area contributed by atoms with Gasteiger partial charge >= 0.3 is 5.97 Å². The van der Waals surface area contributed by atoms with Gasteiger partial charge in [-0.05, 0) is 44.0 Å². The van der Waals surface area contributed by atoms with Gasteiger partial charge in [0.2, 0.25) is 0 Å². The second-order valence-corrected chi connectivity index (χ2v) is 5.73. The number of hydrogen-bond donors (Lipinski definition) is 0. The first-order valence-electron chi connectivity index (χ1n) is 6.94. The summed E-state index contributed by atoms with van der Waals surface area (Å²) in [6.45, 7) is 6.37. The van der Waals surface area contributed by atoms with Gasteiger partial charge in [-0.1, -0.05) is 24.3 Å². The Bertz CT molecular complexity index is 620. The molecule has 110 valence electrons. The van der Waals surface area contributed by atoms with Crippen LogP contribution < -0.4 is 0 Å². The van der Waals surface area contributed by atoms with Crippen LogP contribution in [0.15, 0.2) is 41.3 Å². The highest BCUT2D eigenvalue weighted by Gasteiger charge is 2.09. The molecule has 1 heterocycles. The van der Waals surface area contributed by atoms with Crippen LogP contribution in [0, 0.1) is 13.8 Å². The van der Waals surface area contributed by atoms with E-state index in [0.29, 0.717) is 12.3 Å². The number of aromatic nitrogens is 1. The van der Waals surface area contributed by atoms with Gasteiger partial charge in [0.15, 0.2) is 0 Å². The Kier molecular flexibility index (Phi) is 5.39. The Morgan fingerprint density at radius 2 is 1.81 bits per heavy atom. The van der Waals surface area contributed by atoms with Crippen molar-refractivity contribution < 1.29 is 9.53 Å². The van der Waals surface area contributed by atoms with Gasteiger partial charge in [-0.15, -0.1) is 11.8 Å². The molecule has 0 radical (unpaired) electrons. The predicted molar refractivity (Wildman–Crippen MR) is 85.7 cm³/mol. The number of nitrogens with zero attached hydrogens (tertiary/aromatic N) is 1. The van der Waals surface area contributed by atoms with Crippen molar-refractivity contribution in [1.82, 2.24) is 4.98 Å². The van der Waals surface area contributed by atoms with Crippen molar-refractivity contribution in [1.29, 1.82) is 0 Å². The number of ether oxygens (including phenoxy) is 1. The third kappa shape index (κ3) is 4.08. The van der Waals surface area contributed by atoms with E-state index in [1.54, 1.807) is 24.8 Å². The predicted octanol–water partition coefficient (Wildman–Crippen LogP) is 4.17. The Balaban J connectivity index is 2.10. The summed E-state index contributed by atoms with van der Waals surface area (Å²) in [6, 6.07) is 11.7. The highest BCUT2D eigenvalue weighted by Crippen LogP contribution is 2.28. The zero-order valence-electron chi connectivity index (χ0n) is 12.6. The molecule has 2 rings (SSSR count). The molecule has 0 saturated carbocycles. The summed E-state index contributed by atoms with van der Waals surface area (Å²) in [5, 5.41) is 0. The summed E-state index contributed by atoms with van der Waals surface area (Å²) in [7, 11) is 0. The zero-order valence-corrected chi connectivity index (χ0v) is 13.4. The largest absolute Gasteiger partial charge is 0.461 e. The fraction of sp³-hybridized carbons (Fsp3) is 0.294. The molecular weight excluding hydrogens is 282 g/mol. The van der Waals surface area contributed by atoms with Gasteiger partial charge in [0.05, 0.1) is 12.3 Å². The minimum atomic E-state index is -0.364. The van der Waals surface area contributed by atoms with Crippen molar-refractivity contribution in [3.05, 3.63) is 58.9 Å². The molecule has 3 nitrogen and oxygen atoms in total. The Morgan fingerprint density at radius 1 is 1.14 bits per heavy atom. The Hall–Kier alpha value is -1.81. The zero-order chi connectivity index (χ0) is 15.2. The third-order valence-electron chi connectivity index (χ3n) is 3.06. The quantitative estimate of drug-likeness (QED) is 0.614. The SMILES string of the molecule is CCOC(=O)c1cccc(CSc2c(C)cccc2C)n1. The average molecular weight is 301 g/mol. The summed E-state index contributed by atoms with van der Waals surface area (Å²) in [5.74, 6) is 0.371. The van der Waals surface area contributed by atoms with E-state index in [2.05, 4.69) is 37.0 Å². The van der Waals surface area contributed by atoms with Crippen molar-refractivity contribution >= 4 is 17.7 Å². The highest BCUT2D eigenvalue weighted by molar-refractivity contribution is 7.98. The lowest BCUT2D eigenvalue weighted by Crippen LogP contribution is -2.07. The number of carbonyl (C=O) groups excluding carboxylic acids is 1. The fourth-order valence-corrected chi connectivity index (χ4v) is 3.10. The van der Waals surface area contributed by atoms with Crippen LogP contribution in [0.4, 0.5) is 0 Å². The lowest BCUT2D eigenvalue weighted by molar-refractivity contribution is 0.0519. The number of aryl methyl sites for hydroxylation is 2. The van der Waals surface area contributed by atoms with Gasteiger partial charge < -0.3 is 4.74 Å². The molecule has 1 aromatic carbocycles. The van der Waals surface area contributed by atoms with Crippen molar-refractivity contribution in [2.45, 2.75) is 31.4 Å². The Labute approximate surface area is 129 Å². The van der Waals surface area contributed by atoms with Gasteiger partial charge in [0, 0.05) is 10.6 Å². The molecule has 0 atom stereocenters. The first kappa shape index (κ1) is 15.6. The average Bonchev–Trinajstić information content (AvgIpc) is 2.47. The number of hydrogen-bond acceptors (Lipinski definition) is 4. The number of rotatable bonds is 5. The van der Waals surface area contributed by atoms with Gasteiger partial charge in [-0.25, -0.2) is 9.78 Å². The van der Waals surface area contributed by atoms with E-state index in [-0.39, 0.29) is 5.97 Å². The fourth-order valence-electron chi connectivity index (χ4n) is 2.05. The lowest BCUT2D eigenvalue weighted by Gasteiger charge is -2.09. The second-order valence-electron chi connectivity index (χ2n) is 4.74. The highest BCUT2D eigenvalue weighted by atomic mass is 32.2. The van der Waals surface area contributed by atoms with Crippen LogP contribution in [0.1, 0.15) is 34.2 Å². The first-order chi connectivity index (χ1) is 10.1. The van der Waals surface area contributed by atoms with E-state index in [4.69, 9.17) is 4.74 Å². The minimum absolute atomic E-state index is 0.363. The molecule has 0 amide bonds. The molecule has 1 aromatic heterocycles. The monoisotopic (exact) mass is 301 g/mol. The van der Waals surface area contributed by atoms with E-state index in [9.17, 15) is 4.79 Å². The van der Waals surface area contributed by atoms with E-state index < -0.39 is 0 Å². The number of thioether (sulfide) groups is 1. The molecule has 21 heavy (non-hydrogen) atoms. The maximum absolute atomic E-state index is 11.7. The topological polar surface area (TPSA) is 39.2 Å². The van der Waals surface area contributed by atoms with Crippen molar-refractivity contribution in [2.24, 2.45) is 0 Å². The van der Waals surface area contributed by atoms with Crippen LogP contribution in [-0.2, 0) is 10.5 Å². The molecule has 0 aliphatic rings. The molecule has 0 aliphatic carbocycles. The van der Waals surface area contributed by atoms with Crippen LogP contribution in [0.3, 0.4) is 0 Å². The molecular formula is C17H19NO2S. The minimum Gasteiger partial charge on any atom is -0.461 e. The molecule has 0 spiro atoms. The Morgan fingerprint density at radius 3 is 2.48 bits per heavy atom. The molecule has 0 aliphatic heterocycles. The van der Waals surface area contributed by atoms with Gasteiger partial charge in [0.25, 0.3) is 0 Å². The molecule has 0 N–H and O–H groups in total. The van der Waals surface area contributed by atoms with Gasteiger partial charge in [0.1, 0.15) is 5.69 Å². The van der Waals surface area contributed by atoms with E-state index >= 15 is 0 Å². The summed E-state index contributed by atoms with van der Waals surface area (Å²) in [5.41, 5.74) is 3.78. The van der Waals surface area contributed by atoms with Crippen molar-refractivity contribution in [2.75, 3.05) is 6.61 Å². The van der Waals surface area contributed by atoms with Crippen molar-refractivity contribution in [3.8, 4) is 0 Å². The van der Waals surface area contributed by atoms with E-state index in [0.717, 1.165) is 11.4 Å². The number of pyridine rings is 1. The number of esters is 1. The van der Waals surface area contributed by atoms with E-state index in [1.165, 1.54) is 16.0 Å². The van der Waals surface area contributed by atoms with Crippen LogP contribution in [0.5, 0.6) is 0 Å². The van der Waals surface area contributed by atoms with Crippen LogP contribution in [0.25, 0.3) is 0 Å². The lowest BCUT2D eigenvalue weighted by atomic mass is 10.2. The summed E-state index contributed by atoms with van der Waals surface area (Å²) >= 11 is 1.75. The maximum atomic E-state index is 11.7. The smallest absolute Gasteiger partial charge is 0.356 e. The number of benzene rings is 1. The summed E-state index contributed by atoms with van der Waals surface area (Å²) in [4.78, 5) is 17.3. The van der Waals surface area contributed by atoms with Crippen molar-refractivity contribution in [3.63, 3.8) is 0 Å². The summed E-state index contributed by atoms with van der Waals surface area (Å²) in [6.07, 6.45) is 0. The maximum Gasteiger partial charge on any atom is 0.356 e. The molecule has 2 aromatic rings. The molecule has 0 unspecified atom stereocenters. The molecule has 4 heteroatoms. The van der Waals surface area contributed by atoms with Gasteiger partial charge in [-0.3, -0.25) is 0 Å². The molecule has 0 fully saturated rings. The van der Waals surface area contributed by atoms with Crippen LogP contribution in [-0.4, -0.2) is 17.6 Å². The van der Waals surface area contributed by atoms with E-state index in [1.807, 2.05) is 12.1 Å². The van der Waals surface area contributed by atoms with Gasteiger partial charge in [-0.2, -0.15) is 0 Å². The standard InChI is InChI=1S/C17H19NO2S/c1-4-20-17(19)15-10-6-9-14(18-15)11-21-16-12(2)7-5-8-13(16)3/h5-10H,4,11H2,1-3H3. The summed E-state index contributed by atoms with van der Waals surface area (Å²) < 4.78 is 4.98. The second kappa shape index (κ2) is 7.27. The first-order valence-corrected chi connectivity index (χ1v) is 7.92. The van der Waals surface area contributed by atoms with Crippen LogP contribution >= 0.6 is 11.8 Å². The third-order valence-corrected chi connectivity index (χ3v) is 4.44. The normalized spacial score (nSPS) is 10.4.